The Morgan fingerprint density at radius 3 is 2.00 bits per heavy atom. The van der Waals surface area contributed by atoms with Crippen molar-refractivity contribution in [2.24, 2.45) is 0 Å². The Balaban J connectivity index is 1.62. The molecular weight excluding hydrogens is 420 g/mol. The van der Waals surface area contributed by atoms with E-state index in [0.717, 1.165) is 11.1 Å². The van der Waals surface area contributed by atoms with Crippen molar-refractivity contribution in [3.05, 3.63) is 114 Å². The summed E-state index contributed by atoms with van der Waals surface area (Å²) in [6, 6.07) is 30.5. The summed E-state index contributed by atoms with van der Waals surface area (Å²) >= 11 is 0. The molecule has 0 radical (unpaired) electrons. The lowest BCUT2D eigenvalue weighted by molar-refractivity contribution is 0.102. The van der Waals surface area contributed by atoms with Gasteiger partial charge in [-0.05, 0) is 48.4 Å². The number of hydrogen-bond acceptors (Lipinski definition) is 3. The van der Waals surface area contributed by atoms with Gasteiger partial charge in [-0.2, -0.15) is 0 Å². The van der Waals surface area contributed by atoms with Crippen LogP contribution in [-0.4, -0.2) is 14.3 Å². The summed E-state index contributed by atoms with van der Waals surface area (Å²) in [5, 5.41) is 2.97. The molecular formula is C26H22N2O3S. The van der Waals surface area contributed by atoms with Gasteiger partial charge in [0.05, 0.1) is 10.6 Å². The van der Waals surface area contributed by atoms with Gasteiger partial charge in [0.25, 0.3) is 15.9 Å². The van der Waals surface area contributed by atoms with Crippen LogP contribution >= 0.6 is 0 Å². The minimum absolute atomic E-state index is 0.158. The summed E-state index contributed by atoms with van der Waals surface area (Å²) < 4.78 is 28.0. The first-order chi connectivity index (χ1) is 15.5. The predicted octanol–water partition coefficient (Wildman–Crippen LogP) is 5.72. The summed E-state index contributed by atoms with van der Waals surface area (Å²) in [6.07, 6.45) is 0. The van der Waals surface area contributed by atoms with Gasteiger partial charge in [-0.3, -0.25) is 9.52 Å². The van der Waals surface area contributed by atoms with Gasteiger partial charge in [0.1, 0.15) is 0 Å². The molecule has 4 rings (SSSR count). The fourth-order valence-corrected chi connectivity index (χ4v) is 4.59. The molecule has 0 unspecified atom stereocenters. The molecule has 0 bridgehead atoms. The largest absolute Gasteiger partial charge is 0.321 e. The normalized spacial score (nSPS) is 11.0. The van der Waals surface area contributed by atoms with Crippen LogP contribution in [0.2, 0.25) is 0 Å². The van der Waals surface area contributed by atoms with Crippen LogP contribution in [0, 0.1) is 6.92 Å². The molecule has 0 spiro atoms. The van der Waals surface area contributed by atoms with Crippen molar-refractivity contribution < 1.29 is 13.2 Å². The van der Waals surface area contributed by atoms with E-state index >= 15 is 0 Å². The highest BCUT2D eigenvalue weighted by Gasteiger charge is 2.18. The van der Waals surface area contributed by atoms with Gasteiger partial charge in [0.2, 0.25) is 0 Å². The first-order valence-corrected chi connectivity index (χ1v) is 11.6. The first kappa shape index (κ1) is 21.3. The lowest BCUT2D eigenvalue weighted by Gasteiger charge is -2.15. The van der Waals surface area contributed by atoms with Gasteiger partial charge in [0.15, 0.2) is 0 Å². The number of rotatable bonds is 6. The molecule has 0 aliphatic carbocycles. The van der Waals surface area contributed by atoms with Gasteiger partial charge >= 0.3 is 0 Å². The van der Waals surface area contributed by atoms with Crippen molar-refractivity contribution in [2.45, 2.75) is 11.8 Å². The van der Waals surface area contributed by atoms with Crippen molar-refractivity contribution >= 4 is 27.3 Å². The Labute approximate surface area is 187 Å². The van der Waals surface area contributed by atoms with Gasteiger partial charge < -0.3 is 5.32 Å². The zero-order valence-electron chi connectivity index (χ0n) is 17.4. The fourth-order valence-electron chi connectivity index (χ4n) is 3.45. The lowest BCUT2D eigenvalue weighted by Crippen LogP contribution is -2.17. The second-order valence-corrected chi connectivity index (χ2v) is 8.94. The Morgan fingerprint density at radius 2 is 1.28 bits per heavy atom. The molecule has 0 aliphatic heterocycles. The number of sulfonamides is 1. The maximum absolute atomic E-state index is 13.1. The summed E-state index contributed by atoms with van der Waals surface area (Å²) in [6.45, 7) is 1.72. The Kier molecular flexibility index (Phi) is 6.05. The molecule has 4 aromatic carbocycles. The summed E-state index contributed by atoms with van der Waals surface area (Å²) in [5.74, 6) is -0.313. The quantitative estimate of drug-likeness (QED) is 0.401. The van der Waals surface area contributed by atoms with E-state index in [0.29, 0.717) is 22.5 Å². The van der Waals surface area contributed by atoms with Crippen molar-refractivity contribution in [3.63, 3.8) is 0 Å². The maximum atomic E-state index is 13.1. The number of carbonyl (C=O) groups excluding carboxylic acids is 1. The summed E-state index contributed by atoms with van der Waals surface area (Å²) in [7, 11) is -3.76. The number of benzene rings is 4. The van der Waals surface area contributed by atoms with Crippen LogP contribution in [0.5, 0.6) is 0 Å². The smallest absolute Gasteiger partial charge is 0.261 e. The zero-order valence-corrected chi connectivity index (χ0v) is 18.3. The Hall–Kier alpha value is -3.90. The van der Waals surface area contributed by atoms with Crippen molar-refractivity contribution in [2.75, 3.05) is 10.0 Å². The SMILES string of the molecule is Cc1c(NS(=O)(=O)c2ccccc2)cccc1C(=O)Nc1ccccc1-c1ccccc1. The van der Waals surface area contributed by atoms with Crippen LogP contribution in [0.1, 0.15) is 15.9 Å². The Bertz CT molecular complexity index is 1350. The number of anilines is 2. The molecule has 1 amide bonds. The summed E-state index contributed by atoms with van der Waals surface area (Å²) in [5.41, 5.74) is 3.86. The minimum Gasteiger partial charge on any atom is -0.321 e. The minimum atomic E-state index is -3.76. The van der Waals surface area contributed by atoms with E-state index < -0.39 is 10.0 Å². The average molecular weight is 443 g/mol. The highest BCUT2D eigenvalue weighted by molar-refractivity contribution is 7.92. The van der Waals surface area contributed by atoms with E-state index in [2.05, 4.69) is 10.0 Å². The molecule has 0 heterocycles. The molecule has 32 heavy (non-hydrogen) atoms. The molecule has 0 aliphatic rings. The molecule has 160 valence electrons. The number of hydrogen-bond donors (Lipinski definition) is 2. The van der Waals surface area contributed by atoms with Gasteiger partial charge in [-0.1, -0.05) is 72.8 Å². The van der Waals surface area contributed by atoms with E-state index in [1.807, 2.05) is 54.6 Å². The topological polar surface area (TPSA) is 75.3 Å². The van der Waals surface area contributed by atoms with Crippen molar-refractivity contribution in [3.8, 4) is 11.1 Å². The third-order valence-corrected chi connectivity index (χ3v) is 6.52. The summed E-state index contributed by atoms with van der Waals surface area (Å²) in [4.78, 5) is 13.3. The monoisotopic (exact) mass is 442 g/mol. The molecule has 0 saturated heterocycles. The van der Waals surface area contributed by atoms with Crippen LogP contribution in [0.25, 0.3) is 11.1 Å². The van der Waals surface area contributed by atoms with E-state index in [-0.39, 0.29) is 10.8 Å². The van der Waals surface area contributed by atoms with E-state index in [4.69, 9.17) is 0 Å². The van der Waals surface area contributed by atoms with Crippen molar-refractivity contribution in [1.29, 1.82) is 0 Å². The van der Waals surface area contributed by atoms with Gasteiger partial charge in [-0.15, -0.1) is 0 Å². The number of carbonyl (C=O) groups is 1. The molecule has 2 N–H and O–H groups in total. The lowest BCUT2D eigenvalue weighted by atomic mass is 10.0. The number of para-hydroxylation sites is 1. The van der Waals surface area contributed by atoms with Crippen LogP contribution in [-0.2, 0) is 10.0 Å². The second kappa shape index (κ2) is 9.08. The first-order valence-electron chi connectivity index (χ1n) is 10.1. The zero-order chi connectivity index (χ0) is 22.6. The van der Waals surface area contributed by atoms with Crippen LogP contribution in [0.3, 0.4) is 0 Å². The molecule has 0 saturated carbocycles. The number of amides is 1. The Morgan fingerprint density at radius 1 is 0.688 bits per heavy atom. The third-order valence-electron chi connectivity index (χ3n) is 5.14. The van der Waals surface area contributed by atoms with E-state index in [1.54, 1.807) is 43.3 Å². The molecule has 4 aromatic rings. The van der Waals surface area contributed by atoms with E-state index in [9.17, 15) is 13.2 Å². The maximum Gasteiger partial charge on any atom is 0.261 e. The molecule has 6 heteroatoms. The van der Waals surface area contributed by atoms with Crippen LogP contribution in [0.4, 0.5) is 11.4 Å². The van der Waals surface area contributed by atoms with Gasteiger partial charge in [0, 0.05) is 16.8 Å². The number of nitrogens with one attached hydrogen (secondary N) is 2. The van der Waals surface area contributed by atoms with Crippen LogP contribution in [0.15, 0.2) is 108 Å². The molecule has 0 atom stereocenters. The molecule has 5 nitrogen and oxygen atoms in total. The molecule has 0 aromatic heterocycles. The van der Waals surface area contributed by atoms with Crippen molar-refractivity contribution in [1.82, 2.24) is 0 Å². The van der Waals surface area contributed by atoms with Gasteiger partial charge in [-0.25, -0.2) is 8.42 Å². The molecule has 0 fully saturated rings. The van der Waals surface area contributed by atoms with Crippen LogP contribution < -0.4 is 10.0 Å². The highest BCUT2D eigenvalue weighted by atomic mass is 32.2. The second-order valence-electron chi connectivity index (χ2n) is 7.26. The average Bonchev–Trinajstić information content (AvgIpc) is 2.82. The van der Waals surface area contributed by atoms with E-state index in [1.165, 1.54) is 12.1 Å². The highest BCUT2D eigenvalue weighted by Crippen LogP contribution is 2.29. The standard InChI is InChI=1S/C26H22N2O3S/c1-19-22(16-10-18-24(19)28-32(30,31)21-13-6-3-7-14-21)26(29)27-25-17-9-8-15-23(25)20-11-4-2-5-12-20/h2-18,28H,1H3,(H,27,29). The predicted molar refractivity (Wildman–Crippen MR) is 128 cm³/mol. The third kappa shape index (κ3) is 4.55. The fraction of sp³-hybridized carbons (Fsp3) is 0.0385.